The van der Waals surface area contributed by atoms with Crippen LogP contribution in [0.1, 0.15) is 25.7 Å². The van der Waals surface area contributed by atoms with Crippen molar-refractivity contribution in [2.24, 2.45) is 22.2 Å². The fraction of sp³-hybridized carbons (Fsp3) is 0.636. The second-order valence-corrected chi connectivity index (χ2v) is 4.39. The summed E-state index contributed by atoms with van der Waals surface area (Å²) in [6.07, 6.45) is 0.154. The average Bonchev–Trinajstić information content (AvgIpc) is 2.38. The van der Waals surface area contributed by atoms with Crippen molar-refractivity contribution in [3.8, 4) is 0 Å². The Balaban J connectivity index is 4.24. The van der Waals surface area contributed by atoms with E-state index in [1.54, 1.807) is 0 Å². The maximum absolute atomic E-state index is 11.7. The smallest absolute Gasteiger partial charge is 0.326 e. The first-order valence-electron chi connectivity index (χ1n) is 6.30. The summed E-state index contributed by atoms with van der Waals surface area (Å²) in [5.41, 5.74) is 15.9. The summed E-state index contributed by atoms with van der Waals surface area (Å²) in [6, 6.07) is -2.19. The number of hydrogen-bond acceptors (Lipinski definition) is 5. The molecule has 10 heteroatoms. The number of carbonyl (C=O) groups excluding carboxylic acids is 1. The third-order valence-corrected chi connectivity index (χ3v) is 2.57. The van der Waals surface area contributed by atoms with Crippen LogP contribution in [0, 0.1) is 0 Å². The van der Waals surface area contributed by atoms with Crippen molar-refractivity contribution < 1.29 is 24.6 Å². The maximum atomic E-state index is 11.7. The topological polar surface area (TPSA) is 194 Å². The summed E-state index contributed by atoms with van der Waals surface area (Å²) in [7, 11) is 0. The SMILES string of the molecule is NC(N)=NCCC[C@@H](N)C(=O)N[C@H](CCC(=O)O)C(=O)O. The number of carboxylic acid groups (broad SMARTS) is 2. The molecule has 0 aromatic rings. The van der Waals surface area contributed by atoms with E-state index >= 15 is 0 Å². The highest BCUT2D eigenvalue weighted by molar-refractivity contribution is 5.87. The molecule has 0 aliphatic carbocycles. The van der Waals surface area contributed by atoms with Crippen LogP contribution in [0.25, 0.3) is 0 Å². The van der Waals surface area contributed by atoms with E-state index in [9.17, 15) is 14.4 Å². The van der Waals surface area contributed by atoms with Crippen LogP contribution < -0.4 is 22.5 Å². The summed E-state index contributed by atoms with van der Waals surface area (Å²) in [5.74, 6) is -3.17. The highest BCUT2D eigenvalue weighted by atomic mass is 16.4. The number of aliphatic imine (C=N–C) groups is 1. The molecular formula is C11H21N5O5. The predicted molar refractivity (Wildman–Crippen MR) is 74.3 cm³/mol. The Morgan fingerprint density at radius 2 is 1.76 bits per heavy atom. The summed E-state index contributed by atoms with van der Waals surface area (Å²) >= 11 is 0. The molecule has 0 spiro atoms. The van der Waals surface area contributed by atoms with Gasteiger partial charge in [-0.2, -0.15) is 0 Å². The molecule has 0 fully saturated rings. The minimum Gasteiger partial charge on any atom is -0.481 e. The number of rotatable bonds is 10. The molecule has 0 aliphatic heterocycles. The summed E-state index contributed by atoms with van der Waals surface area (Å²) in [5, 5.41) is 19.6. The summed E-state index contributed by atoms with van der Waals surface area (Å²) in [4.78, 5) is 36.7. The molecular weight excluding hydrogens is 282 g/mol. The minimum absolute atomic E-state index is 0.0624. The normalized spacial score (nSPS) is 13.0. The number of guanidine groups is 1. The van der Waals surface area contributed by atoms with Crippen LogP contribution in [-0.4, -0.2) is 52.6 Å². The molecule has 0 radical (unpaired) electrons. The van der Waals surface area contributed by atoms with Crippen LogP contribution in [-0.2, 0) is 14.4 Å². The van der Waals surface area contributed by atoms with E-state index in [1.807, 2.05) is 0 Å². The van der Waals surface area contributed by atoms with Crippen molar-refractivity contribution in [3.05, 3.63) is 0 Å². The zero-order valence-corrected chi connectivity index (χ0v) is 11.5. The maximum Gasteiger partial charge on any atom is 0.326 e. The quantitative estimate of drug-likeness (QED) is 0.148. The number of carbonyl (C=O) groups is 3. The molecule has 0 bridgehead atoms. The number of hydrogen-bond donors (Lipinski definition) is 6. The second kappa shape index (κ2) is 9.53. The van der Waals surface area contributed by atoms with Crippen LogP contribution >= 0.6 is 0 Å². The molecule has 9 N–H and O–H groups in total. The number of aliphatic carboxylic acids is 2. The van der Waals surface area contributed by atoms with Gasteiger partial charge in [-0.05, 0) is 19.3 Å². The number of amides is 1. The molecule has 0 heterocycles. The fourth-order valence-corrected chi connectivity index (χ4v) is 1.45. The van der Waals surface area contributed by atoms with Gasteiger partial charge in [0.2, 0.25) is 5.91 Å². The van der Waals surface area contributed by atoms with E-state index in [0.717, 1.165) is 0 Å². The summed E-state index contributed by atoms with van der Waals surface area (Å²) in [6.45, 7) is 0.310. The first-order chi connectivity index (χ1) is 9.73. The van der Waals surface area contributed by atoms with Gasteiger partial charge >= 0.3 is 11.9 Å². The number of carboxylic acids is 2. The second-order valence-electron chi connectivity index (χ2n) is 4.39. The Morgan fingerprint density at radius 3 is 2.24 bits per heavy atom. The molecule has 0 rings (SSSR count). The lowest BCUT2D eigenvalue weighted by Gasteiger charge is -2.17. The van der Waals surface area contributed by atoms with Gasteiger partial charge in [-0.1, -0.05) is 0 Å². The van der Waals surface area contributed by atoms with Gasteiger partial charge in [0.25, 0.3) is 0 Å². The van der Waals surface area contributed by atoms with Gasteiger partial charge in [0.05, 0.1) is 6.04 Å². The molecule has 0 unspecified atom stereocenters. The van der Waals surface area contributed by atoms with Crippen LogP contribution in [0.4, 0.5) is 0 Å². The zero-order chi connectivity index (χ0) is 16.4. The van der Waals surface area contributed by atoms with Crippen molar-refractivity contribution in [2.45, 2.75) is 37.8 Å². The molecule has 0 aromatic heterocycles. The van der Waals surface area contributed by atoms with Gasteiger partial charge in [-0.3, -0.25) is 14.6 Å². The third-order valence-electron chi connectivity index (χ3n) is 2.57. The molecule has 0 saturated carbocycles. The van der Waals surface area contributed by atoms with Crippen molar-refractivity contribution in [2.75, 3.05) is 6.54 Å². The molecule has 0 aromatic carbocycles. The van der Waals surface area contributed by atoms with E-state index in [-0.39, 0.29) is 25.2 Å². The Morgan fingerprint density at radius 1 is 1.14 bits per heavy atom. The lowest BCUT2D eigenvalue weighted by Crippen LogP contribution is -2.48. The van der Waals surface area contributed by atoms with E-state index in [4.69, 9.17) is 27.4 Å². The third kappa shape index (κ3) is 9.21. The highest BCUT2D eigenvalue weighted by Gasteiger charge is 2.23. The lowest BCUT2D eigenvalue weighted by molar-refractivity contribution is -0.143. The number of nitrogens with two attached hydrogens (primary N) is 3. The molecule has 21 heavy (non-hydrogen) atoms. The number of nitrogens with zero attached hydrogens (tertiary/aromatic N) is 1. The molecule has 0 saturated heterocycles. The Kier molecular flexibility index (Phi) is 8.46. The van der Waals surface area contributed by atoms with Crippen molar-refractivity contribution >= 4 is 23.8 Å². The highest BCUT2D eigenvalue weighted by Crippen LogP contribution is 2.01. The van der Waals surface area contributed by atoms with E-state index in [1.165, 1.54) is 0 Å². The van der Waals surface area contributed by atoms with Gasteiger partial charge in [0.1, 0.15) is 6.04 Å². The standard InChI is InChI=1S/C11H21N5O5/c12-6(2-1-5-15-11(13)14)9(19)16-7(10(20)21)3-4-8(17)18/h6-7H,1-5,12H2,(H,16,19)(H,17,18)(H,20,21)(H4,13,14,15)/t6-,7-/m1/s1. The fourth-order valence-electron chi connectivity index (χ4n) is 1.45. The van der Waals surface area contributed by atoms with Gasteiger partial charge < -0.3 is 32.7 Å². The molecule has 120 valence electrons. The van der Waals surface area contributed by atoms with Crippen molar-refractivity contribution in [3.63, 3.8) is 0 Å². The molecule has 2 atom stereocenters. The van der Waals surface area contributed by atoms with E-state index in [2.05, 4.69) is 10.3 Å². The van der Waals surface area contributed by atoms with Crippen LogP contribution in [0.2, 0.25) is 0 Å². The lowest BCUT2D eigenvalue weighted by atomic mass is 10.1. The van der Waals surface area contributed by atoms with Crippen LogP contribution in [0.15, 0.2) is 4.99 Å². The minimum atomic E-state index is -1.31. The van der Waals surface area contributed by atoms with Crippen LogP contribution in [0.3, 0.4) is 0 Å². The zero-order valence-electron chi connectivity index (χ0n) is 11.5. The van der Waals surface area contributed by atoms with E-state index in [0.29, 0.717) is 13.0 Å². The summed E-state index contributed by atoms with van der Waals surface area (Å²) < 4.78 is 0. The first-order valence-corrected chi connectivity index (χ1v) is 6.30. The first kappa shape index (κ1) is 18.6. The van der Waals surface area contributed by atoms with Gasteiger partial charge in [0, 0.05) is 13.0 Å². The number of nitrogens with one attached hydrogen (secondary N) is 1. The Bertz CT molecular complexity index is 408. The average molecular weight is 303 g/mol. The molecule has 10 nitrogen and oxygen atoms in total. The van der Waals surface area contributed by atoms with Gasteiger partial charge in [-0.25, -0.2) is 4.79 Å². The predicted octanol–water partition coefficient (Wildman–Crippen LogP) is -2.20. The van der Waals surface area contributed by atoms with Crippen molar-refractivity contribution in [1.82, 2.24) is 5.32 Å². The molecule has 0 aliphatic rings. The van der Waals surface area contributed by atoms with Crippen molar-refractivity contribution in [1.29, 1.82) is 0 Å². The monoisotopic (exact) mass is 303 g/mol. The Labute approximate surface area is 121 Å². The largest absolute Gasteiger partial charge is 0.481 e. The van der Waals surface area contributed by atoms with Gasteiger partial charge in [0.15, 0.2) is 5.96 Å². The van der Waals surface area contributed by atoms with Gasteiger partial charge in [-0.15, -0.1) is 0 Å². The van der Waals surface area contributed by atoms with E-state index < -0.39 is 29.9 Å². The molecule has 1 amide bonds. The Hall–Kier alpha value is -2.36. The van der Waals surface area contributed by atoms with Crippen LogP contribution in [0.5, 0.6) is 0 Å².